The number of rotatable bonds is 2. The van der Waals surface area contributed by atoms with Gasteiger partial charge in [0, 0.05) is 35.3 Å². The van der Waals surface area contributed by atoms with E-state index in [1.807, 2.05) is 6.07 Å². The number of pyridine rings is 2. The van der Waals surface area contributed by atoms with Gasteiger partial charge in [0.1, 0.15) is 5.82 Å². The number of nitrogens with one attached hydrogen (secondary N) is 1. The number of hydrogen-bond acceptors (Lipinski definition) is 4. The summed E-state index contributed by atoms with van der Waals surface area (Å²) in [4.78, 5) is 8.29. The van der Waals surface area contributed by atoms with Crippen LogP contribution in [-0.4, -0.2) is 21.1 Å². The highest BCUT2D eigenvalue weighted by atomic mass is 16.3. The van der Waals surface area contributed by atoms with Crippen molar-refractivity contribution < 1.29 is 5.11 Å². The molecule has 0 atom stereocenters. The molecule has 0 aliphatic heterocycles. The zero-order valence-electron chi connectivity index (χ0n) is 10.3. The molecule has 0 aromatic carbocycles. The lowest BCUT2D eigenvalue weighted by Crippen LogP contribution is -2.22. The monoisotopic (exact) mass is 243 g/mol. The molecule has 0 bridgehead atoms. The van der Waals surface area contributed by atoms with Crippen LogP contribution < -0.4 is 5.32 Å². The van der Waals surface area contributed by atoms with Crippen LogP contribution in [0.1, 0.15) is 32.1 Å². The van der Waals surface area contributed by atoms with Gasteiger partial charge in [0.05, 0.1) is 0 Å². The van der Waals surface area contributed by atoms with Crippen LogP contribution in [0, 0.1) is 0 Å². The Morgan fingerprint density at radius 1 is 1.17 bits per heavy atom. The van der Waals surface area contributed by atoms with Crippen molar-refractivity contribution in [2.45, 2.75) is 38.1 Å². The first-order valence-electron chi connectivity index (χ1n) is 6.53. The first-order valence-corrected chi connectivity index (χ1v) is 6.53. The average Bonchev–Trinajstić information content (AvgIpc) is 2.41. The highest BCUT2D eigenvalue weighted by Crippen LogP contribution is 2.26. The maximum Gasteiger partial charge on any atom is 0.211 e. The molecule has 0 spiro atoms. The van der Waals surface area contributed by atoms with Gasteiger partial charge >= 0.3 is 0 Å². The Hall–Kier alpha value is -1.84. The lowest BCUT2D eigenvalue weighted by atomic mass is 9.95. The van der Waals surface area contributed by atoms with Gasteiger partial charge < -0.3 is 10.4 Å². The van der Waals surface area contributed by atoms with Crippen molar-refractivity contribution in [3.05, 3.63) is 24.5 Å². The third-order valence-electron chi connectivity index (χ3n) is 3.58. The summed E-state index contributed by atoms with van der Waals surface area (Å²) in [5.74, 6) is 0.902. The number of nitrogens with zero attached hydrogens (tertiary/aromatic N) is 2. The Bertz CT molecular complexity index is 550. The minimum Gasteiger partial charge on any atom is -0.493 e. The Morgan fingerprint density at radius 2 is 2.00 bits per heavy atom. The van der Waals surface area contributed by atoms with Crippen molar-refractivity contribution in [3.8, 4) is 5.88 Å². The van der Waals surface area contributed by atoms with Gasteiger partial charge in [-0.15, -0.1) is 0 Å². The summed E-state index contributed by atoms with van der Waals surface area (Å²) in [7, 11) is 0. The van der Waals surface area contributed by atoms with Crippen LogP contribution in [0.2, 0.25) is 0 Å². The molecule has 4 heteroatoms. The maximum atomic E-state index is 9.49. The molecule has 0 unspecified atom stereocenters. The molecular formula is C14H17N3O. The SMILES string of the molecule is Oc1cc2c(NC3CCCCC3)nccc2cn1. The zero-order chi connectivity index (χ0) is 12.4. The largest absolute Gasteiger partial charge is 0.493 e. The van der Waals surface area contributed by atoms with Crippen LogP contribution in [0.5, 0.6) is 5.88 Å². The molecule has 1 saturated carbocycles. The summed E-state index contributed by atoms with van der Waals surface area (Å²) in [6.07, 6.45) is 9.78. The first-order chi connectivity index (χ1) is 8.83. The molecule has 1 fully saturated rings. The molecule has 2 N–H and O–H groups in total. The van der Waals surface area contributed by atoms with Gasteiger partial charge in [-0.1, -0.05) is 19.3 Å². The van der Waals surface area contributed by atoms with E-state index < -0.39 is 0 Å². The lowest BCUT2D eigenvalue weighted by Gasteiger charge is -2.23. The summed E-state index contributed by atoms with van der Waals surface area (Å²) < 4.78 is 0. The van der Waals surface area contributed by atoms with Gasteiger partial charge in [-0.25, -0.2) is 9.97 Å². The van der Waals surface area contributed by atoms with E-state index in [9.17, 15) is 5.11 Å². The minimum atomic E-state index is 0.0437. The molecule has 18 heavy (non-hydrogen) atoms. The minimum absolute atomic E-state index is 0.0437. The number of hydrogen-bond donors (Lipinski definition) is 2. The molecule has 2 aromatic heterocycles. The molecule has 2 aromatic rings. The van der Waals surface area contributed by atoms with Gasteiger partial charge in [0.15, 0.2) is 0 Å². The quantitative estimate of drug-likeness (QED) is 0.851. The summed E-state index contributed by atoms with van der Waals surface area (Å²) in [5, 5.41) is 14.9. The second kappa shape index (κ2) is 4.80. The highest BCUT2D eigenvalue weighted by Gasteiger charge is 2.14. The summed E-state index contributed by atoms with van der Waals surface area (Å²) in [5.41, 5.74) is 0. The van der Waals surface area contributed by atoms with Gasteiger partial charge in [-0.3, -0.25) is 0 Å². The van der Waals surface area contributed by atoms with Crippen LogP contribution in [0.4, 0.5) is 5.82 Å². The van der Waals surface area contributed by atoms with Crippen molar-refractivity contribution >= 4 is 16.6 Å². The Balaban J connectivity index is 1.92. The van der Waals surface area contributed by atoms with Gasteiger partial charge in [0.25, 0.3) is 0 Å². The smallest absolute Gasteiger partial charge is 0.211 e. The third kappa shape index (κ3) is 2.23. The van der Waals surface area contributed by atoms with Crippen molar-refractivity contribution in [1.29, 1.82) is 0 Å². The van der Waals surface area contributed by atoms with Gasteiger partial charge in [0.2, 0.25) is 5.88 Å². The molecule has 94 valence electrons. The van der Waals surface area contributed by atoms with Crippen LogP contribution in [0.15, 0.2) is 24.5 Å². The average molecular weight is 243 g/mol. The maximum absolute atomic E-state index is 9.49. The van der Waals surface area contributed by atoms with E-state index in [2.05, 4.69) is 15.3 Å². The Morgan fingerprint density at radius 3 is 2.83 bits per heavy atom. The van der Waals surface area contributed by atoms with Crippen molar-refractivity contribution in [1.82, 2.24) is 9.97 Å². The van der Waals surface area contributed by atoms with Gasteiger partial charge in [-0.05, 0) is 18.9 Å². The van der Waals surface area contributed by atoms with E-state index in [-0.39, 0.29) is 5.88 Å². The number of anilines is 1. The molecule has 0 radical (unpaired) electrons. The normalized spacial score (nSPS) is 16.9. The van der Waals surface area contributed by atoms with E-state index in [1.54, 1.807) is 18.5 Å². The van der Waals surface area contributed by atoms with E-state index in [1.165, 1.54) is 32.1 Å². The number of aromatic hydroxyl groups is 1. The molecule has 1 aliphatic carbocycles. The summed E-state index contributed by atoms with van der Waals surface area (Å²) in [6.45, 7) is 0. The van der Waals surface area contributed by atoms with Crippen LogP contribution in [-0.2, 0) is 0 Å². The van der Waals surface area contributed by atoms with Crippen LogP contribution in [0.25, 0.3) is 10.8 Å². The fraction of sp³-hybridized carbons (Fsp3) is 0.429. The predicted molar refractivity (Wildman–Crippen MR) is 71.7 cm³/mol. The number of fused-ring (bicyclic) bond motifs is 1. The van der Waals surface area contributed by atoms with E-state index in [4.69, 9.17) is 0 Å². The number of aromatic nitrogens is 2. The van der Waals surface area contributed by atoms with E-state index >= 15 is 0 Å². The molecular weight excluding hydrogens is 226 g/mol. The van der Waals surface area contributed by atoms with Crippen molar-refractivity contribution in [3.63, 3.8) is 0 Å². The second-order valence-electron chi connectivity index (χ2n) is 4.90. The molecule has 3 rings (SSSR count). The first kappa shape index (κ1) is 11.3. The Kier molecular flexibility index (Phi) is 3.00. The zero-order valence-corrected chi connectivity index (χ0v) is 10.3. The molecule has 1 aliphatic rings. The Labute approximate surface area is 106 Å². The van der Waals surface area contributed by atoms with Crippen LogP contribution in [0.3, 0.4) is 0 Å². The fourth-order valence-corrected chi connectivity index (χ4v) is 2.61. The molecule has 2 heterocycles. The highest BCUT2D eigenvalue weighted by molar-refractivity contribution is 5.91. The summed E-state index contributed by atoms with van der Waals surface area (Å²) >= 11 is 0. The van der Waals surface area contributed by atoms with Crippen molar-refractivity contribution in [2.75, 3.05) is 5.32 Å². The van der Waals surface area contributed by atoms with Crippen molar-refractivity contribution in [2.24, 2.45) is 0 Å². The van der Waals surface area contributed by atoms with E-state index in [0.717, 1.165) is 16.6 Å². The standard InChI is InChI=1S/C14H17N3O/c18-13-8-12-10(9-16-13)6-7-15-14(12)17-11-4-2-1-3-5-11/h6-9,11H,1-5H2,(H,15,17)(H,16,18). The molecule has 4 nitrogen and oxygen atoms in total. The third-order valence-corrected chi connectivity index (χ3v) is 3.58. The lowest BCUT2D eigenvalue weighted by molar-refractivity contribution is 0.454. The predicted octanol–water partition coefficient (Wildman–Crippen LogP) is 3.08. The topological polar surface area (TPSA) is 58.0 Å². The van der Waals surface area contributed by atoms with Crippen LogP contribution >= 0.6 is 0 Å². The summed E-state index contributed by atoms with van der Waals surface area (Å²) in [6, 6.07) is 4.09. The fourth-order valence-electron chi connectivity index (χ4n) is 2.61. The molecule has 0 amide bonds. The second-order valence-corrected chi connectivity index (χ2v) is 4.90. The molecule has 0 saturated heterocycles. The van der Waals surface area contributed by atoms with E-state index in [0.29, 0.717) is 6.04 Å². The van der Waals surface area contributed by atoms with Gasteiger partial charge in [-0.2, -0.15) is 0 Å².